The molecule has 0 bridgehead atoms. The van der Waals surface area contributed by atoms with Crippen molar-refractivity contribution in [2.45, 2.75) is 39.3 Å². The maximum absolute atomic E-state index is 12.1. The summed E-state index contributed by atoms with van der Waals surface area (Å²) in [7, 11) is 0. The minimum Gasteiger partial charge on any atom is -0.393 e. The second kappa shape index (κ2) is 9.77. The molecule has 0 aliphatic heterocycles. The first-order valence-corrected chi connectivity index (χ1v) is 7.18. The van der Waals surface area contributed by atoms with Gasteiger partial charge in [0.1, 0.15) is 0 Å². The number of carbonyl (C=O) groups is 1. The van der Waals surface area contributed by atoms with Crippen LogP contribution in [0.4, 0.5) is 0 Å². The Bertz CT molecular complexity index is 412. The van der Waals surface area contributed by atoms with Crippen molar-refractivity contribution in [2.24, 2.45) is 17.6 Å². The van der Waals surface area contributed by atoms with Crippen molar-refractivity contribution in [2.75, 3.05) is 6.54 Å². The third kappa shape index (κ3) is 6.93. The van der Waals surface area contributed by atoms with E-state index in [2.05, 4.69) is 5.32 Å². The molecule has 120 valence electrons. The van der Waals surface area contributed by atoms with Gasteiger partial charge in [0.05, 0.1) is 12.0 Å². The van der Waals surface area contributed by atoms with Crippen LogP contribution in [0.1, 0.15) is 38.8 Å². The van der Waals surface area contributed by atoms with E-state index in [1.807, 2.05) is 44.2 Å². The van der Waals surface area contributed by atoms with E-state index in [1.165, 1.54) is 0 Å². The Morgan fingerprint density at radius 1 is 1.24 bits per heavy atom. The molecular weight excluding hydrogens is 288 g/mol. The Labute approximate surface area is 133 Å². The summed E-state index contributed by atoms with van der Waals surface area (Å²) < 4.78 is 0. The predicted molar refractivity (Wildman–Crippen MR) is 88.3 cm³/mol. The summed E-state index contributed by atoms with van der Waals surface area (Å²) >= 11 is 0. The molecular formula is C16H27ClN2O2. The zero-order valence-corrected chi connectivity index (χ0v) is 13.8. The number of nitrogens with one attached hydrogen (secondary N) is 1. The minimum atomic E-state index is -0.342. The van der Waals surface area contributed by atoms with Crippen LogP contribution in [0, 0.1) is 11.8 Å². The zero-order valence-electron chi connectivity index (χ0n) is 13.0. The van der Waals surface area contributed by atoms with Gasteiger partial charge in [0.15, 0.2) is 0 Å². The lowest BCUT2D eigenvalue weighted by Gasteiger charge is -2.21. The number of benzene rings is 1. The molecule has 4 atom stereocenters. The van der Waals surface area contributed by atoms with Crippen LogP contribution in [0.5, 0.6) is 0 Å². The largest absolute Gasteiger partial charge is 0.393 e. The third-order valence-corrected chi connectivity index (χ3v) is 3.50. The molecule has 1 aromatic carbocycles. The van der Waals surface area contributed by atoms with E-state index in [4.69, 9.17) is 5.73 Å². The highest BCUT2D eigenvalue weighted by molar-refractivity contribution is 5.85. The molecule has 0 radical (unpaired) electrons. The fourth-order valence-electron chi connectivity index (χ4n) is 2.23. The molecule has 5 heteroatoms. The van der Waals surface area contributed by atoms with Gasteiger partial charge in [0.25, 0.3) is 0 Å². The van der Waals surface area contributed by atoms with Gasteiger partial charge in [-0.15, -0.1) is 12.4 Å². The number of aliphatic hydroxyl groups is 1. The van der Waals surface area contributed by atoms with Crippen LogP contribution in [0.2, 0.25) is 0 Å². The lowest BCUT2D eigenvalue weighted by Crippen LogP contribution is -2.38. The Morgan fingerprint density at radius 2 is 1.81 bits per heavy atom. The van der Waals surface area contributed by atoms with Gasteiger partial charge in [-0.05, 0) is 24.8 Å². The van der Waals surface area contributed by atoms with Gasteiger partial charge in [-0.2, -0.15) is 0 Å². The Hall–Kier alpha value is -1.10. The quantitative estimate of drug-likeness (QED) is 0.722. The van der Waals surface area contributed by atoms with Crippen molar-refractivity contribution >= 4 is 18.3 Å². The smallest absolute Gasteiger partial charge is 0.224 e. The zero-order chi connectivity index (χ0) is 15.1. The summed E-state index contributed by atoms with van der Waals surface area (Å²) in [6.45, 7) is 6.17. The topological polar surface area (TPSA) is 75.3 Å². The SMILES string of the molecule is CC(O)CC(C)CNC(=O)C(C)C(N)c1ccccc1.Cl. The van der Waals surface area contributed by atoms with Gasteiger partial charge in [0.2, 0.25) is 5.91 Å². The van der Waals surface area contributed by atoms with Crippen molar-refractivity contribution in [3.63, 3.8) is 0 Å². The lowest BCUT2D eigenvalue weighted by molar-refractivity contribution is -0.125. The van der Waals surface area contributed by atoms with Gasteiger partial charge in [-0.1, -0.05) is 44.2 Å². The van der Waals surface area contributed by atoms with E-state index in [1.54, 1.807) is 6.92 Å². The standard InChI is InChI=1S/C16H26N2O2.ClH/c1-11(9-12(2)19)10-18-16(20)13(3)15(17)14-7-5-4-6-8-14;/h4-8,11-13,15,19H,9-10,17H2,1-3H3,(H,18,20);1H. The molecule has 0 saturated heterocycles. The van der Waals surface area contributed by atoms with Crippen molar-refractivity contribution in [1.82, 2.24) is 5.32 Å². The highest BCUT2D eigenvalue weighted by atomic mass is 35.5. The number of carbonyl (C=O) groups excluding carboxylic acids is 1. The molecule has 0 fully saturated rings. The first kappa shape index (κ1) is 19.9. The monoisotopic (exact) mass is 314 g/mol. The number of aliphatic hydroxyl groups excluding tert-OH is 1. The fraction of sp³-hybridized carbons (Fsp3) is 0.562. The molecule has 1 rings (SSSR count). The Balaban J connectivity index is 0.00000400. The molecule has 0 saturated carbocycles. The summed E-state index contributed by atoms with van der Waals surface area (Å²) in [4.78, 5) is 12.1. The predicted octanol–water partition coefficient (Wildman–Crippen LogP) is 2.27. The number of hydrogen-bond acceptors (Lipinski definition) is 3. The molecule has 4 N–H and O–H groups in total. The van der Waals surface area contributed by atoms with Gasteiger partial charge in [-0.3, -0.25) is 4.79 Å². The van der Waals surface area contributed by atoms with Crippen LogP contribution >= 0.6 is 12.4 Å². The van der Waals surface area contributed by atoms with Gasteiger partial charge < -0.3 is 16.2 Å². The van der Waals surface area contributed by atoms with Crippen LogP contribution in [-0.2, 0) is 4.79 Å². The Morgan fingerprint density at radius 3 is 2.33 bits per heavy atom. The summed E-state index contributed by atoms with van der Waals surface area (Å²) in [5.74, 6) is -0.0750. The average molecular weight is 315 g/mol. The minimum absolute atomic E-state index is 0. The van der Waals surface area contributed by atoms with Crippen LogP contribution in [0.25, 0.3) is 0 Å². The van der Waals surface area contributed by atoms with Crippen molar-refractivity contribution in [3.05, 3.63) is 35.9 Å². The van der Waals surface area contributed by atoms with Gasteiger partial charge in [-0.25, -0.2) is 0 Å². The summed E-state index contributed by atoms with van der Waals surface area (Å²) in [6.07, 6.45) is 0.338. The molecule has 0 heterocycles. The third-order valence-electron chi connectivity index (χ3n) is 3.50. The maximum Gasteiger partial charge on any atom is 0.224 e. The molecule has 21 heavy (non-hydrogen) atoms. The van der Waals surface area contributed by atoms with Crippen molar-refractivity contribution in [1.29, 1.82) is 0 Å². The van der Waals surface area contributed by atoms with E-state index in [0.29, 0.717) is 13.0 Å². The summed E-state index contributed by atoms with van der Waals surface area (Å²) in [5, 5.41) is 12.2. The lowest BCUT2D eigenvalue weighted by atomic mass is 9.94. The average Bonchev–Trinajstić information content (AvgIpc) is 2.43. The van der Waals surface area contributed by atoms with Crippen LogP contribution in [-0.4, -0.2) is 23.7 Å². The molecule has 0 aromatic heterocycles. The normalized spacial score (nSPS) is 16.2. The number of rotatable bonds is 7. The number of amides is 1. The molecule has 4 unspecified atom stereocenters. The summed E-state index contributed by atoms with van der Waals surface area (Å²) in [5.41, 5.74) is 7.09. The van der Waals surface area contributed by atoms with E-state index in [0.717, 1.165) is 5.56 Å². The van der Waals surface area contributed by atoms with E-state index in [9.17, 15) is 9.90 Å². The second-order valence-corrected chi connectivity index (χ2v) is 5.66. The Kier molecular flexibility index (Phi) is 9.26. The van der Waals surface area contributed by atoms with Gasteiger partial charge >= 0.3 is 0 Å². The number of nitrogens with two attached hydrogens (primary N) is 1. The first-order chi connectivity index (χ1) is 9.41. The highest BCUT2D eigenvalue weighted by Gasteiger charge is 2.22. The molecule has 0 aliphatic rings. The van der Waals surface area contributed by atoms with Crippen LogP contribution in [0.3, 0.4) is 0 Å². The van der Waals surface area contributed by atoms with E-state index in [-0.39, 0.29) is 42.3 Å². The molecule has 1 aromatic rings. The van der Waals surface area contributed by atoms with Crippen molar-refractivity contribution in [3.8, 4) is 0 Å². The fourth-order valence-corrected chi connectivity index (χ4v) is 2.23. The first-order valence-electron chi connectivity index (χ1n) is 7.18. The summed E-state index contributed by atoms with van der Waals surface area (Å²) in [6, 6.07) is 9.34. The second-order valence-electron chi connectivity index (χ2n) is 5.66. The van der Waals surface area contributed by atoms with Crippen LogP contribution < -0.4 is 11.1 Å². The highest BCUT2D eigenvalue weighted by Crippen LogP contribution is 2.19. The number of halogens is 1. The molecule has 0 aliphatic carbocycles. The maximum atomic E-state index is 12.1. The van der Waals surface area contributed by atoms with E-state index >= 15 is 0 Å². The van der Waals surface area contributed by atoms with Crippen LogP contribution in [0.15, 0.2) is 30.3 Å². The van der Waals surface area contributed by atoms with E-state index < -0.39 is 0 Å². The number of hydrogen-bond donors (Lipinski definition) is 3. The molecule has 4 nitrogen and oxygen atoms in total. The van der Waals surface area contributed by atoms with Crippen molar-refractivity contribution < 1.29 is 9.90 Å². The molecule has 1 amide bonds. The molecule has 0 spiro atoms. The van der Waals surface area contributed by atoms with Gasteiger partial charge in [0, 0.05) is 12.6 Å².